The number of allylic oxidation sites excluding steroid dienone is 4. The first-order valence-electron chi connectivity index (χ1n) is 6.57. The van der Waals surface area contributed by atoms with Gasteiger partial charge in [-0.15, -0.1) is 0 Å². The molecule has 0 saturated carbocycles. The van der Waals surface area contributed by atoms with E-state index in [0.29, 0.717) is 22.3 Å². The molecule has 0 N–H and O–H groups in total. The molecule has 0 aliphatic heterocycles. The Labute approximate surface area is 142 Å². The zero-order valence-corrected chi connectivity index (χ0v) is 13.8. The topological polar surface area (TPSA) is 58.9 Å². The largest absolute Gasteiger partial charge is 0.276 e. The van der Waals surface area contributed by atoms with E-state index >= 15 is 0 Å². The molecular weight excluding hydrogens is 300 g/mol. The normalized spacial score (nSPS) is 9.17. The molecule has 0 aromatic heterocycles. The lowest BCUT2D eigenvalue weighted by Crippen LogP contribution is -2.06. The van der Waals surface area contributed by atoms with Crippen LogP contribution in [-0.2, 0) is 9.59 Å². The monoisotopic (exact) mass is 320 g/mol. The Bertz CT molecular complexity index is 707. The van der Waals surface area contributed by atoms with Crippen LogP contribution in [0.5, 0.6) is 0 Å². The van der Waals surface area contributed by atoms with Crippen molar-refractivity contribution in [2.75, 3.05) is 0 Å². The van der Waals surface area contributed by atoms with E-state index in [-0.39, 0.29) is 22.3 Å². The van der Waals surface area contributed by atoms with E-state index in [4.69, 9.17) is 0 Å². The number of hydrogen-bond donors (Lipinski definition) is 0. The Morgan fingerprint density at radius 3 is 0.750 bits per heavy atom. The van der Waals surface area contributed by atoms with E-state index in [1.165, 1.54) is 0 Å². The van der Waals surface area contributed by atoms with Crippen molar-refractivity contribution in [1.82, 2.24) is 0 Å². The van der Waals surface area contributed by atoms with Crippen molar-refractivity contribution in [3.8, 4) is 0 Å². The van der Waals surface area contributed by atoms with E-state index in [1.807, 2.05) is 0 Å². The molecule has 0 radical (unpaired) electrons. The summed E-state index contributed by atoms with van der Waals surface area (Å²) in [5, 5.41) is 0. The first-order chi connectivity index (χ1) is 11.0. The minimum Gasteiger partial charge on any atom is -0.267 e. The van der Waals surface area contributed by atoms with Crippen LogP contribution in [0.1, 0.15) is 0 Å². The summed E-state index contributed by atoms with van der Waals surface area (Å²) in [6.07, 6.45) is 0. The number of nitrogens with zero attached hydrogens (tertiary/aromatic N) is 2. The third-order valence-corrected chi connectivity index (χ3v) is 3.35. The van der Waals surface area contributed by atoms with Gasteiger partial charge in [0.05, 0.1) is 0 Å². The Hall–Kier alpha value is -3.40. The van der Waals surface area contributed by atoms with E-state index in [1.54, 1.807) is 0 Å². The minimum absolute atomic E-state index is 0.0452. The Morgan fingerprint density at radius 2 is 0.583 bits per heavy atom. The van der Waals surface area contributed by atoms with Crippen molar-refractivity contribution in [1.29, 1.82) is 0 Å². The Balaban J connectivity index is 5.35. The third-order valence-electron chi connectivity index (χ3n) is 3.35. The fourth-order valence-corrected chi connectivity index (χ4v) is 1.54. The molecule has 122 valence electrons. The molecule has 0 aliphatic carbocycles. The summed E-state index contributed by atoms with van der Waals surface area (Å²) in [4.78, 5) is 29.6. The molecular formula is C20H20N2O2. The summed E-state index contributed by atoms with van der Waals surface area (Å²) >= 11 is 0. The fourth-order valence-electron chi connectivity index (χ4n) is 1.54. The van der Waals surface area contributed by atoms with Gasteiger partial charge in [-0.25, -0.2) is 9.98 Å². The molecule has 0 aromatic carbocycles. The van der Waals surface area contributed by atoms with Crippen LogP contribution >= 0.6 is 0 Å². The van der Waals surface area contributed by atoms with E-state index in [2.05, 4.69) is 76.1 Å². The third kappa shape index (κ3) is 4.30. The van der Waals surface area contributed by atoms with Gasteiger partial charge >= 0.3 is 0 Å². The highest BCUT2D eigenvalue weighted by molar-refractivity contribution is 6.02. The number of carbonyl (C=O) groups is 2. The average molecular weight is 320 g/mol. The molecule has 0 bridgehead atoms. The van der Waals surface area contributed by atoms with E-state index < -0.39 is 11.8 Å². The van der Waals surface area contributed by atoms with Crippen LogP contribution in [0.4, 0.5) is 0 Å². The molecule has 4 nitrogen and oxygen atoms in total. The number of aliphatic imine (C=N–C) groups is 2. The maximum Gasteiger partial charge on any atom is 0.276 e. The molecule has 4 heteroatoms. The maximum atomic E-state index is 11.5. The van der Waals surface area contributed by atoms with Crippen LogP contribution < -0.4 is 0 Å². The molecule has 0 aliphatic rings. The first kappa shape index (κ1) is 20.6. The summed E-state index contributed by atoms with van der Waals surface area (Å²) in [5.74, 6) is -1.22. The molecule has 0 fully saturated rings. The van der Waals surface area contributed by atoms with Gasteiger partial charge in [0, 0.05) is 11.1 Å². The van der Waals surface area contributed by atoms with Crippen LogP contribution in [0.2, 0.25) is 0 Å². The van der Waals surface area contributed by atoms with Gasteiger partial charge in [-0.3, -0.25) is 9.59 Å². The lowest BCUT2D eigenvalue weighted by molar-refractivity contribution is -0.114. The predicted molar refractivity (Wildman–Crippen MR) is 102 cm³/mol. The number of amides is 2. The van der Waals surface area contributed by atoms with Crippen molar-refractivity contribution in [2.45, 2.75) is 0 Å². The number of rotatable bonds is 9. The van der Waals surface area contributed by atoms with Crippen molar-refractivity contribution in [2.24, 2.45) is 9.98 Å². The van der Waals surface area contributed by atoms with Gasteiger partial charge in [0.25, 0.3) is 11.8 Å². The summed E-state index contributed by atoms with van der Waals surface area (Å²) in [6.45, 7) is 36.4. The Morgan fingerprint density at radius 1 is 0.417 bits per heavy atom. The average Bonchev–Trinajstić information content (AvgIpc) is 2.61. The van der Waals surface area contributed by atoms with Gasteiger partial charge in [0.2, 0.25) is 0 Å². The predicted octanol–water partition coefficient (Wildman–Crippen LogP) is 3.89. The van der Waals surface area contributed by atoms with Crippen LogP contribution in [0.15, 0.2) is 107 Å². The molecule has 0 rings (SSSR count). The summed E-state index contributed by atoms with van der Waals surface area (Å²) in [6, 6.07) is 0. The second kappa shape index (κ2) is 8.29. The molecule has 0 atom stereocenters. The second-order valence-corrected chi connectivity index (χ2v) is 4.75. The molecule has 0 spiro atoms. The molecule has 24 heavy (non-hydrogen) atoms. The van der Waals surface area contributed by atoms with E-state index in [0.717, 1.165) is 0 Å². The lowest BCUT2D eigenvalue weighted by atomic mass is 9.86. The SMILES string of the molecule is C=NC(=O)C(=C)C(=C)C(=C)C(=C)C(=C)C(=C)C(=C)C(=C)C(=O)N=C. The van der Waals surface area contributed by atoms with Crippen LogP contribution in [-0.4, -0.2) is 25.2 Å². The highest BCUT2D eigenvalue weighted by Gasteiger charge is 2.19. The van der Waals surface area contributed by atoms with Crippen LogP contribution in [0.25, 0.3) is 0 Å². The maximum absolute atomic E-state index is 11.5. The van der Waals surface area contributed by atoms with Gasteiger partial charge in [0.1, 0.15) is 0 Å². The van der Waals surface area contributed by atoms with E-state index in [9.17, 15) is 9.59 Å². The van der Waals surface area contributed by atoms with Crippen molar-refractivity contribution >= 4 is 25.2 Å². The zero-order valence-electron chi connectivity index (χ0n) is 13.8. The molecule has 2 amide bonds. The van der Waals surface area contributed by atoms with Crippen molar-refractivity contribution in [3.05, 3.63) is 97.2 Å². The van der Waals surface area contributed by atoms with Gasteiger partial charge in [0.15, 0.2) is 0 Å². The molecule has 0 heterocycles. The smallest absolute Gasteiger partial charge is 0.267 e. The van der Waals surface area contributed by atoms with Crippen molar-refractivity contribution in [3.63, 3.8) is 0 Å². The molecule has 0 aromatic rings. The van der Waals surface area contributed by atoms with Gasteiger partial charge in [-0.1, -0.05) is 52.6 Å². The van der Waals surface area contributed by atoms with Crippen molar-refractivity contribution < 1.29 is 9.59 Å². The second-order valence-electron chi connectivity index (χ2n) is 4.75. The standard InChI is InChI=1S/C20H20N2O2/c1-11(13(3)15(5)17(7)19(23)21-9)12(2)14(4)16(6)18(8)20(24)22-10/h1-10H2. The fraction of sp³-hybridized carbons (Fsp3) is 0. The quantitative estimate of drug-likeness (QED) is 0.367. The van der Waals surface area contributed by atoms with Crippen LogP contribution in [0.3, 0.4) is 0 Å². The number of carbonyl (C=O) groups excluding carboxylic acids is 2. The first-order valence-corrected chi connectivity index (χ1v) is 6.57. The Kier molecular flexibility index (Phi) is 7.12. The molecule has 0 saturated heterocycles. The van der Waals surface area contributed by atoms with Gasteiger partial charge in [-0.05, 0) is 46.9 Å². The zero-order chi connectivity index (χ0) is 19.2. The number of hydrogen-bond acceptors (Lipinski definition) is 2. The van der Waals surface area contributed by atoms with Gasteiger partial charge < -0.3 is 0 Å². The summed E-state index contributed by atoms with van der Waals surface area (Å²) in [5.41, 5.74) is 1.96. The highest BCUT2D eigenvalue weighted by Crippen LogP contribution is 2.32. The molecule has 0 unspecified atom stereocenters. The van der Waals surface area contributed by atoms with Gasteiger partial charge in [-0.2, -0.15) is 0 Å². The summed E-state index contributed by atoms with van der Waals surface area (Å²) in [7, 11) is 0. The summed E-state index contributed by atoms with van der Waals surface area (Å²) < 4.78 is 0. The minimum atomic E-state index is -0.612. The lowest BCUT2D eigenvalue weighted by Gasteiger charge is -2.18. The van der Waals surface area contributed by atoms with Crippen LogP contribution in [0, 0.1) is 0 Å². The highest BCUT2D eigenvalue weighted by atomic mass is 16.1.